The average Bonchev–Trinajstić information content (AvgIpc) is 3.14. The first kappa shape index (κ1) is 18.7. The average molecular weight is 397 g/mol. The Labute approximate surface area is 163 Å². The van der Waals surface area contributed by atoms with Crippen LogP contribution in [-0.4, -0.2) is 14.8 Å². The first-order chi connectivity index (χ1) is 13.9. The minimum atomic E-state index is -1.55. The predicted octanol–water partition coefficient (Wildman–Crippen LogP) is 4.34. The molecule has 4 aromatic rings. The van der Waals surface area contributed by atoms with Crippen LogP contribution in [0.4, 0.5) is 13.2 Å². The van der Waals surface area contributed by atoms with Gasteiger partial charge in [-0.15, -0.1) is 0 Å². The summed E-state index contributed by atoms with van der Waals surface area (Å²) in [6, 6.07) is 11.5. The van der Waals surface area contributed by atoms with Crippen molar-refractivity contribution in [3.05, 3.63) is 93.9 Å². The fourth-order valence-electron chi connectivity index (χ4n) is 2.88. The quantitative estimate of drug-likeness (QED) is 0.481. The van der Waals surface area contributed by atoms with Gasteiger partial charge in [0.25, 0.3) is 5.56 Å². The molecule has 2 heterocycles. The molecule has 0 spiro atoms. The second-order valence-corrected chi connectivity index (χ2v) is 6.44. The summed E-state index contributed by atoms with van der Waals surface area (Å²) in [5.41, 5.74) is 1.26. The van der Waals surface area contributed by atoms with Gasteiger partial charge in [0.2, 0.25) is 5.89 Å². The molecule has 0 N–H and O–H groups in total. The van der Waals surface area contributed by atoms with E-state index in [1.807, 2.05) is 12.1 Å². The Bertz CT molecular complexity index is 1240. The zero-order valence-corrected chi connectivity index (χ0v) is 15.2. The van der Waals surface area contributed by atoms with E-state index in [0.29, 0.717) is 11.7 Å². The number of benzene rings is 2. The van der Waals surface area contributed by atoms with Gasteiger partial charge >= 0.3 is 0 Å². The van der Waals surface area contributed by atoms with Crippen molar-refractivity contribution in [2.45, 2.75) is 13.5 Å². The van der Waals surface area contributed by atoms with Crippen molar-refractivity contribution < 1.29 is 17.6 Å². The molecule has 5 nitrogen and oxygen atoms in total. The van der Waals surface area contributed by atoms with Crippen LogP contribution in [0, 0.1) is 24.4 Å². The molecule has 0 aliphatic carbocycles. The Kier molecular flexibility index (Phi) is 4.75. The largest absolute Gasteiger partial charge is 0.441 e. The van der Waals surface area contributed by atoms with Crippen LogP contribution in [0.15, 0.2) is 63.9 Å². The van der Waals surface area contributed by atoms with E-state index in [0.717, 1.165) is 27.9 Å². The molecule has 0 bridgehead atoms. The summed E-state index contributed by atoms with van der Waals surface area (Å²) in [4.78, 5) is 16.4. The van der Waals surface area contributed by atoms with Gasteiger partial charge in [0.15, 0.2) is 17.5 Å². The van der Waals surface area contributed by atoms with Crippen molar-refractivity contribution in [2.24, 2.45) is 0 Å². The van der Waals surface area contributed by atoms with Gasteiger partial charge in [-0.1, -0.05) is 12.1 Å². The van der Waals surface area contributed by atoms with Crippen LogP contribution in [0.2, 0.25) is 0 Å². The Balaban J connectivity index is 1.68. The monoisotopic (exact) mass is 397 g/mol. The fraction of sp³-hybridized carbons (Fsp3) is 0.0952. The fourth-order valence-corrected chi connectivity index (χ4v) is 2.88. The summed E-state index contributed by atoms with van der Waals surface area (Å²) < 4.78 is 46.9. The SMILES string of the molecule is Cc1cnc(-c2cccc(Cn3nc(-c4cc(F)c(F)c(F)c4)ccc3=O)c2)o1. The van der Waals surface area contributed by atoms with Gasteiger partial charge in [-0.05, 0) is 42.8 Å². The van der Waals surface area contributed by atoms with Gasteiger partial charge in [-0.3, -0.25) is 4.79 Å². The third-order valence-corrected chi connectivity index (χ3v) is 4.27. The molecule has 2 aromatic carbocycles. The summed E-state index contributed by atoms with van der Waals surface area (Å²) in [7, 11) is 0. The van der Waals surface area contributed by atoms with E-state index >= 15 is 0 Å². The van der Waals surface area contributed by atoms with Gasteiger partial charge in [-0.25, -0.2) is 22.8 Å². The van der Waals surface area contributed by atoms with Crippen LogP contribution in [0.3, 0.4) is 0 Å². The molecule has 0 aliphatic heterocycles. The van der Waals surface area contributed by atoms with Crippen LogP contribution in [0.5, 0.6) is 0 Å². The highest BCUT2D eigenvalue weighted by Crippen LogP contribution is 2.22. The van der Waals surface area contributed by atoms with Crippen LogP contribution in [0.1, 0.15) is 11.3 Å². The van der Waals surface area contributed by atoms with Gasteiger partial charge in [0, 0.05) is 17.2 Å². The highest BCUT2D eigenvalue weighted by molar-refractivity contribution is 5.58. The molecule has 29 heavy (non-hydrogen) atoms. The van der Waals surface area contributed by atoms with E-state index in [4.69, 9.17) is 4.42 Å². The maximum atomic E-state index is 13.5. The molecule has 0 aliphatic rings. The molecular weight excluding hydrogens is 383 g/mol. The molecule has 0 atom stereocenters. The molecule has 0 radical (unpaired) electrons. The second kappa shape index (κ2) is 7.38. The molecule has 0 unspecified atom stereocenters. The van der Waals surface area contributed by atoms with E-state index in [1.54, 1.807) is 25.3 Å². The van der Waals surface area contributed by atoms with E-state index < -0.39 is 23.0 Å². The van der Waals surface area contributed by atoms with E-state index in [-0.39, 0.29) is 17.8 Å². The summed E-state index contributed by atoms with van der Waals surface area (Å²) in [5, 5.41) is 4.17. The standard InChI is InChI=1S/C21H14F3N3O2/c1-12-10-25-21(29-12)14-4-2-3-13(7-14)11-27-19(28)6-5-18(26-27)15-8-16(22)20(24)17(23)9-15/h2-10H,11H2,1H3. The van der Waals surface area contributed by atoms with Crippen molar-refractivity contribution in [1.29, 1.82) is 0 Å². The number of aryl methyl sites for hydroxylation is 1. The molecule has 8 heteroatoms. The van der Waals surface area contributed by atoms with Crippen molar-refractivity contribution in [2.75, 3.05) is 0 Å². The van der Waals surface area contributed by atoms with Crippen LogP contribution in [0.25, 0.3) is 22.7 Å². The predicted molar refractivity (Wildman–Crippen MR) is 99.6 cm³/mol. The topological polar surface area (TPSA) is 60.9 Å². The number of hydrogen-bond donors (Lipinski definition) is 0. The van der Waals surface area contributed by atoms with Crippen LogP contribution in [-0.2, 0) is 6.54 Å². The minimum Gasteiger partial charge on any atom is -0.441 e. The lowest BCUT2D eigenvalue weighted by atomic mass is 10.1. The number of aromatic nitrogens is 3. The Morgan fingerprint density at radius 1 is 1.00 bits per heavy atom. The Hall–Kier alpha value is -3.68. The number of halogens is 3. The summed E-state index contributed by atoms with van der Waals surface area (Å²) >= 11 is 0. The Morgan fingerprint density at radius 3 is 2.45 bits per heavy atom. The second-order valence-electron chi connectivity index (χ2n) is 6.44. The summed E-state index contributed by atoms with van der Waals surface area (Å²) in [6.45, 7) is 1.91. The number of oxazole rings is 1. The molecule has 0 amide bonds. The van der Waals surface area contributed by atoms with Gasteiger partial charge in [0.05, 0.1) is 18.4 Å². The lowest BCUT2D eigenvalue weighted by molar-refractivity contribution is 0.447. The van der Waals surface area contributed by atoms with E-state index in [1.165, 1.54) is 12.1 Å². The third kappa shape index (κ3) is 3.82. The van der Waals surface area contributed by atoms with Crippen LogP contribution >= 0.6 is 0 Å². The molecule has 146 valence electrons. The van der Waals surface area contributed by atoms with Gasteiger partial charge < -0.3 is 4.42 Å². The normalized spacial score (nSPS) is 11.0. The minimum absolute atomic E-state index is 0.0270. The lowest BCUT2D eigenvalue weighted by Gasteiger charge is -2.09. The van der Waals surface area contributed by atoms with Crippen LogP contribution < -0.4 is 5.56 Å². The van der Waals surface area contributed by atoms with Crippen molar-refractivity contribution in [3.8, 4) is 22.7 Å². The van der Waals surface area contributed by atoms with Crippen molar-refractivity contribution in [1.82, 2.24) is 14.8 Å². The highest BCUT2D eigenvalue weighted by Gasteiger charge is 2.13. The number of rotatable bonds is 4. The zero-order valence-electron chi connectivity index (χ0n) is 15.2. The maximum Gasteiger partial charge on any atom is 0.267 e. The zero-order chi connectivity index (χ0) is 20.5. The number of nitrogens with zero attached hydrogens (tertiary/aromatic N) is 3. The molecule has 0 saturated heterocycles. The first-order valence-electron chi connectivity index (χ1n) is 8.65. The third-order valence-electron chi connectivity index (χ3n) is 4.27. The molecular formula is C21H14F3N3O2. The molecule has 4 rings (SSSR count). The summed E-state index contributed by atoms with van der Waals surface area (Å²) in [6.07, 6.45) is 1.61. The number of hydrogen-bond acceptors (Lipinski definition) is 4. The smallest absolute Gasteiger partial charge is 0.267 e. The summed E-state index contributed by atoms with van der Waals surface area (Å²) in [5.74, 6) is -3.08. The van der Waals surface area contributed by atoms with Crippen molar-refractivity contribution >= 4 is 0 Å². The molecule has 0 saturated carbocycles. The van der Waals surface area contributed by atoms with Gasteiger partial charge in [-0.2, -0.15) is 5.10 Å². The Morgan fingerprint density at radius 2 is 1.76 bits per heavy atom. The van der Waals surface area contributed by atoms with E-state index in [2.05, 4.69) is 10.1 Å². The molecule has 2 aromatic heterocycles. The first-order valence-corrected chi connectivity index (χ1v) is 8.65. The lowest BCUT2D eigenvalue weighted by Crippen LogP contribution is -2.22. The highest BCUT2D eigenvalue weighted by atomic mass is 19.2. The van der Waals surface area contributed by atoms with E-state index in [9.17, 15) is 18.0 Å². The molecule has 0 fully saturated rings. The maximum absolute atomic E-state index is 13.5. The van der Waals surface area contributed by atoms with Crippen molar-refractivity contribution in [3.63, 3.8) is 0 Å². The van der Waals surface area contributed by atoms with Gasteiger partial charge in [0.1, 0.15) is 5.76 Å².